The van der Waals surface area contributed by atoms with E-state index in [0.717, 1.165) is 6.42 Å². The molecule has 0 fully saturated rings. The Morgan fingerprint density at radius 2 is 1.43 bits per heavy atom. The summed E-state index contributed by atoms with van der Waals surface area (Å²) < 4.78 is 10.7. The minimum Gasteiger partial charge on any atom is -0.507 e. The van der Waals surface area contributed by atoms with Gasteiger partial charge in [-0.15, -0.1) is 0 Å². The summed E-state index contributed by atoms with van der Waals surface area (Å²) in [6.45, 7) is 4.81. The fraction of sp³-hybridized carbons (Fsp3) is 0.278. The third kappa shape index (κ3) is 3.94. The van der Waals surface area contributed by atoms with Crippen LogP contribution in [-0.2, 0) is 0 Å². The number of hydrogen-bond donors (Lipinski definition) is 2. The normalized spacial score (nSPS) is 10.3. The van der Waals surface area contributed by atoms with Gasteiger partial charge in [0.1, 0.15) is 23.0 Å². The molecule has 2 N–H and O–H groups in total. The lowest BCUT2D eigenvalue weighted by Crippen LogP contribution is -2.03. The van der Waals surface area contributed by atoms with E-state index in [0.29, 0.717) is 24.7 Å². The van der Waals surface area contributed by atoms with Crippen molar-refractivity contribution in [3.8, 4) is 23.0 Å². The number of benzene rings is 2. The minimum absolute atomic E-state index is 0.103. The second kappa shape index (κ2) is 7.54. The smallest absolute Gasteiger partial charge is 0.200 e. The van der Waals surface area contributed by atoms with Gasteiger partial charge in [-0.25, -0.2) is 0 Å². The van der Waals surface area contributed by atoms with Gasteiger partial charge in [0, 0.05) is 12.1 Å². The van der Waals surface area contributed by atoms with Crippen molar-refractivity contribution < 1.29 is 24.5 Å². The lowest BCUT2D eigenvalue weighted by Gasteiger charge is -2.10. The van der Waals surface area contributed by atoms with Crippen LogP contribution in [-0.4, -0.2) is 29.2 Å². The Morgan fingerprint density at radius 3 is 1.87 bits per heavy atom. The van der Waals surface area contributed by atoms with E-state index < -0.39 is 5.78 Å². The zero-order valence-corrected chi connectivity index (χ0v) is 13.2. The topological polar surface area (TPSA) is 76.0 Å². The van der Waals surface area contributed by atoms with Crippen LogP contribution in [0.3, 0.4) is 0 Å². The van der Waals surface area contributed by atoms with E-state index in [-0.39, 0.29) is 22.6 Å². The molecule has 0 spiro atoms. The van der Waals surface area contributed by atoms with Gasteiger partial charge in [0.05, 0.1) is 24.3 Å². The third-order valence-corrected chi connectivity index (χ3v) is 3.21. The van der Waals surface area contributed by atoms with Gasteiger partial charge in [-0.3, -0.25) is 4.79 Å². The van der Waals surface area contributed by atoms with Crippen LogP contribution >= 0.6 is 0 Å². The molecule has 5 nitrogen and oxygen atoms in total. The molecular weight excluding hydrogens is 296 g/mol. The number of ketones is 1. The second-order valence-corrected chi connectivity index (χ2v) is 4.97. The first-order valence-corrected chi connectivity index (χ1v) is 7.53. The van der Waals surface area contributed by atoms with E-state index in [1.165, 1.54) is 24.3 Å². The Morgan fingerprint density at radius 1 is 0.913 bits per heavy atom. The Kier molecular flexibility index (Phi) is 5.46. The maximum absolute atomic E-state index is 12.5. The number of rotatable bonds is 7. The van der Waals surface area contributed by atoms with Crippen LogP contribution in [0.15, 0.2) is 36.4 Å². The van der Waals surface area contributed by atoms with E-state index in [2.05, 4.69) is 0 Å². The summed E-state index contributed by atoms with van der Waals surface area (Å²) in [4.78, 5) is 12.5. The van der Waals surface area contributed by atoms with Gasteiger partial charge < -0.3 is 19.7 Å². The molecule has 0 aromatic heterocycles. The average molecular weight is 316 g/mol. The fourth-order valence-corrected chi connectivity index (χ4v) is 2.12. The summed E-state index contributed by atoms with van der Waals surface area (Å²) in [6, 6.07) is 8.96. The van der Waals surface area contributed by atoms with Gasteiger partial charge in [-0.2, -0.15) is 0 Å². The molecular formula is C18H20O5. The molecule has 0 aliphatic rings. The fourth-order valence-electron chi connectivity index (χ4n) is 2.12. The van der Waals surface area contributed by atoms with Crippen LogP contribution in [0.1, 0.15) is 36.2 Å². The highest BCUT2D eigenvalue weighted by Crippen LogP contribution is 2.30. The molecule has 2 aromatic rings. The molecule has 0 heterocycles. The number of phenolic OH excluding ortho intramolecular Hbond substituents is 2. The molecule has 0 saturated carbocycles. The summed E-state index contributed by atoms with van der Waals surface area (Å²) in [7, 11) is 0. The van der Waals surface area contributed by atoms with Crippen LogP contribution in [0.25, 0.3) is 0 Å². The highest BCUT2D eigenvalue weighted by atomic mass is 16.5. The number of aromatic hydroxyl groups is 2. The van der Waals surface area contributed by atoms with E-state index in [1.54, 1.807) is 12.1 Å². The predicted octanol–water partition coefficient (Wildman–Crippen LogP) is 3.52. The van der Waals surface area contributed by atoms with Crippen molar-refractivity contribution >= 4 is 5.78 Å². The molecule has 0 bridgehead atoms. The van der Waals surface area contributed by atoms with Crippen molar-refractivity contribution in [2.45, 2.75) is 20.3 Å². The summed E-state index contributed by atoms with van der Waals surface area (Å²) in [5.74, 6) is 0.138. The Hall–Kier alpha value is -2.69. The maximum atomic E-state index is 12.5. The second-order valence-electron chi connectivity index (χ2n) is 4.97. The number of hydrogen-bond acceptors (Lipinski definition) is 5. The Labute approximate surface area is 135 Å². The molecule has 2 rings (SSSR count). The van der Waals surface area contributed by atoms with Crippen LogP contribution in [0, 0.1) is 0 Å². The average Bonchev–Trinajstić information content (AvgIpc) is 2.53. The lowest BCUT2D eigenvalue weighted by molar-refractivity contribution is 0.103. The first kappa shape index (κ1) is 16.7. The van der Waals surface area contributed by atoms with Gasteiger partial charge >= 0.3 is 0 Å². The van der Waals surface area contributed by atoms with Crippen molar-refractivity contribution in [2.75, 3.05) is 13.2 Å². The molecule has 2 aromatic carbocycles. The van der Waals surface area contributed by atoms with E-state index in [9.17, 15) is 15.0 Å². The monoisotopic (exact) mass is 316 g/mol. The quantitative estimate of drug-likeness (QED) is 0.764. The van der Waals surface area contributed by atoms with Crippen molar-refractivity contribution in [1.82, 2.24) is 0 Å². The van der Waals surface area contributed by atoms with Crippen LogP contribution in [0.5, 0.6) is 23.0 Å². The molecule has 23 heavy (non-hydrogen) atoms. The molecule has 0 aliphatic carbocycles. The largest absolute Gasteiger partial charge is 0.507 e. The Balaban J connectivity index is 2.26. The molecule has 0 unspecified atom stereocenters. The standard InChI is InChI=1S/C18H20O5/c1-3-9-23-13-6-8-15(17(20)11-13)18(21)14-7-5-12(22-4-2)10-16(14)19/h5-8,10-11,19-20H,3-4,9H2,1-2H3. The van der Waals surface area contributed by atoms with E-state index >= 15 is 0 Å². The molecule has 0 amide bonds. The highest BCUT2D eigenvalue weighted by Gasteiger charge is 2.18. The highest BCUT2D eigenvalue weighted by molar-refractivity contribution is 6.12. The summed E-state index contributed by atoms with van der Waals surface area (Å²) in [6.07, 6.45) is 0.849. The molecule has 122 valence electrons. The van der Waals surface area contributed by atoms with E-state index in [4.69, 9.17) is 9.47 Å². The van der Waals surface area contributed by atoms with Crippen LogP contribution in [0.2, 0.25) is 0 Å². The summed E-state index contributed by atoms with van der Waals surface area (Å²) >= 11 is 0. The van der Waals surface area contributed by atoms with Crippen molar-refractivity contribution in [3.63, 3.8) is 0 Å². The van der Waals surface area contributed by atoms with Crippen LogP contribution < -0.4 is 9.47 Å². The van der Waals surface area contributed by atoms with Crippen molar-refractivity contribution in [3.05, 3.63) is 47.5 Å². The summed E-state index contributed by atoms with van der Waals surface area (Å²) in [5.41, 5.74) is 0.208. The third-order valence-electron chi connectivity index (χ3n) is 3.21. The number of carbonyl (C=O) groups excluding carboxylic acids is 1. The molecule has 5 heteroatoms. The predicted molar refractivity (Wildman–Crippen MR) is 86.6 cm³/mol. The van der Waals surface area contributed by atoms with Crippen LogP contribution in [0.4, 0.5) is 0 Å². The zero-order chi connectivity index (χ0) is 16.8. The number of phenols is 2. The van der Waals surface area contributed by atoms with Gasteiger partial charge in [0.15, 0.2) is 5.78 Å². The maximum Gasteiger partial charge on any atom is 0.200 e. The first-order chi connectivity index (χ1) is 11.1. The minimum atomic E-state index is -0.468. The molecule has 0 aliphatic heterocycles. The molecule has 0 atom stereocenters. The molecule has 0 radical (unpaired) electrons. The first-order valence-electron chi connectivity index (χ1n) is 7.53. The van der Waals surface area contributed by atoms with E-state index in [1.807, 2.05) is 13.8 Å². The Bertz CT molecular complexity index is 694. The van der Waals surface area contributed by atoms with Crippen molar-refractivity contribution in [1.29, 1.82) is 0 Å². The number of carbonyl (C=O) groups is 1. The summed E-state index contributed by atoms with van der Waals surface area (Å²) in [5, 5.41) is 20.0. The van der Waals surface area contributed by atoms with Crippen molar-refractivity contribution in [2.24, 2.45) is 0 Å². The SMILES string of the molecule is CCCOc1ccc(C(=O)c2ccc(OCC)cc2O)c(O)c1. The number of ether oxygens (including phenoxy) is 2. The van der Waals surface area contributed by atoms with Gasteiger partial charge in [0.25, 0.3) is 0 Å². The van der Waals surface area contributed by atoms with Gasteiger partial charge in [0.2, 0.25) is 0 Å². The lowest BCUT2D eigenvalue weighted by atomic mass is 10.0. The molecule has 0 saturated heterocycles. The van der Waals surface area contributed by atoms with Gasteiger partial charge in [-0.1, -0.05) is 6.92 Å². The van der Waals surface area contributed by atoms with Gasteiger partial charge in [-0.05, 0) is 37.6 Å². The zero-order valence-electron chi connectivity index (χ0n) is 13.2.